The van der Waals surface area contributed by atoms with E-state index in [0.29, 0.717) is 0 Å². The molecule has 0 saturated heterocycles. The van der Waals surface area contributed by atoms with E-state index >= 15 is 0 Å². The SMILES string of the molecule is C=CC[SiH](C)OCCCOCC. The lowest BCUT2D eigenvalue weighted by molar-refractivity contribution is 0.131. The molecule has 0 heterocycles. The third-order valence-electron chi connectivity index (χ3n) is 1.54. The Morgan fingerprint density at radius 3 is 2.75 bits per heavy atom. The molecule has 0 N–H and O–H groups in total. The Bertz CT molecular complexity index is 107. The maximum absolute atomic E-state index is 5.62. The quantitative estimate of drug-likeness (QED) is 0.329. The van der Waals surface area contributed by atoms with Crippen LogP contribution in [0.25, 0.3) is 0 Å². The number of rotatable bonds is 8. The fourth-order valence-electron chi connectivity index (χ4n) is 0.893. The molecule has 1 unspecified atom stereocenters. The van der Waals surface area contributed by atoms with E-state index < -0.39 is 9.04 Å². The van der Waals surface area contributed by atoms with Crippen molar-refractivity contribution in [1.82, 2.24) is 0 Å². The molecule has 0 saturated carbocycles. The second kappa shape index (κ2) is 8.97. The summed E-state index contributed by atoms with van der Waals surface area (Å²) >= 11 is 0. The first kappa shape index (κ1) is 11.9. The van der Waals surface area contributed by atoms with Crippen LogP contribution in [-0.4, -0.2) is 28.9 Å². The van der Waals surface area contributed by atoms with Crippen LogP contribution in [0.1, 0.15) is 13.3 Å². The number of hydrogen-bond acceptors (Lipinski definition) is 2. The zero-order valence-corrected chi connectivity index (χ0v) is 9.37. The predicted molar refractivity (Wildman–Crippen MR) is 55.1 cm³/mol. The van der Waals surface area contributed by atoms with Crippen LogP contribution in [0, 0.1) is 0 Å². The van der Waals surface area contributed by atoms with Gasteiger partial charge in [-0.15, -0.1) is 6.58 Å². The van der Waals surface area contributed by atoms with Crippen molar-refractivity contribution in [2.24, 2.45) is 0 Å². The van der Waals surface area contributed by atoms with Crippen molar-refractivity contribution in [1.29, 1.82) is 0 Å². The molecule has 0 radical (unpaired) electrons. The predicted octanol–water partition coefficient (Wildman–Crippen LogP) is 1.97. The van der Waals surface area contributed by atoms with E-state index in [0.717, 1.165) is 32.3 Å². The standard InChI is InChI=1S/C9H20O2Si/c1-4-9-12(3)11-8-6-7-10-5-2/h4,12H,1,5-9H2,2-3H3. The maximum Gasteiger partial charge on any atom is 0.177 e. The molecule has 0 spiro atoms. The Kier molecular flexibility index (Phi) is 8.88. The van der Waals surface area contributed by atoms with Crippen LogP contribution in [0.4, 0.5) is 0 Å². The van der Waals surface area contributed by atoms with Gasteiger partial charge < -0.3 is 9.16 Å². The smallest absolute Gasteiger partial charge is 0.177 e. The van der Waals surface area contributed by atoms with Gasteiger partial charge in [-0.1, -0.05) is 6.08 Å². The molecule has 0 rings (SSSR count). The van der Waals surface area contributed by atoms with Gasteiger partial charge in [-0.2, -0.15) is 0 Å². The highest BCUT2D eigenvalue weighted by Crippen LogP contribution is 1.96. The topological polar surface area (TPSA) is 18.5 Å². The largest absolute Gasteiger partial charge is 0.420 e. The summed E-state index contributed by atoms with van der Waals surface area (Å²) in [4.78, 5) is 0. The fraction of sp³-hybridized carbons (Fsp3) is 0.778. The summed E-state index contributed by atoms with van der Waals surface area (Å²) in [5.41, 5.74) is 0. The van der Waals surface area contributed by atoms with E-state index in [9.17, 15) is 0 Å². The first-order valence-corrected chi connectivity index (χ1v) is 7.05. The number of allylic oxidation sites excluding steroid dienone is 1. The molecule has 1 atom stereocenters. The van der Waals surface area contributed by atoms with E-state index in [4.69, 9.17) is 9.16 Å². The van der Waals surface area contributed by atoms with Gasteiger partial charge >= 0.3 is 0 Å². The monoisotopic (exact) mass is 188 g/mol. The number of ether oxygens (including phenoxy) is 1. The van der Waals surface area contributed by atoms with E-state index in [-0.39, 0.29) is 0 Å². The van der Waals surface area contributed by atoms with Crippen LogP contribution in [0.3, 0.4) is 0 Å². The van der Waals surface area contributed by atoms with Crippen molar-refractivity contribution in [3.63, 3.8) is 0 Å². The molecule has 0 aromatic carbocycles. The highest BCUT2D eigenvalue weighted by atomic mass is 28.3. The van der Waals surface area contributed by atoms with Crippen molar-refractivity contribution in [3.05, 3.63) is 12.7 Å². The Morgan fingerprint density at radius 2 is 2.17 bits per heavy atom. The van der Waals surface area contributed by atoms with E-state index in [1.54, 1.807) is 0 Å². The van der Waals surface area contributed by atoms with Crippen LogP contribution >= 0.6 is 0 Å². The molecule has 12 heavy (non-hydrogen) atoms. The average Bonchev–Trinajstić information content (AvgIpc) is 2.05. The first-order chi connectivity index (χ1) is 5.81. The molecule has 0 aliphatic rings. The van der Waals surface area contributed by atoms with Gasteiger partial charge in [0.2, 0.25) is 0 Å². The van der Waals surface area contributed by atoms with Crippen LogP contribution in [-0.2, 0) is 9.16 Å². The van der Waals surface area contributed by atoms with Crippen molar-refractivity contribution in [2.45, 2.75) is 25.9 Å². The van der Waals surface area contributed by atoms with Crippen LogP contribution in [0.2, 0.25) is 12.6 Å². The van der Waals surface area contributed by atoms with Gasteiger partial charge in [-0.3, -0.25) is 0 Å². The Labute approximate surface area is 77.3 Å². The third-order valence-corrected chi connectivity index (χ3v) is 3.34. The van der Waals surface area contributed by atoms with Gasteiger partial charge in [0, 0.05) is 19.8 Å². The van der Waals surface area contributed by atoms with Gasteiger partial charge in [-0.05, 0) is 25.9 Å². The minimum atomic E-state index is -0.927. The summed E-state index contributed by atoms with van der Waals surface area (Å²) in [5, 5.41) is 0. The second-order valence-electron chi connectivity index (χ2n) is 2.76. The lowest BCUT2D eigenvalue weighted by atomic mass is 10.5. The summed E-state index contributed by atoms with van der Waals surface area (Å²) in [5.74, 6) is 0. The molecule has 72 valence electrons. The van der Waals surface area contributed by atoms with Crippen LogP contribution in [0.15, 0.2) is 12.7 Å². The molecular formula is C9H20O2Si. The van der Waals surface area contributed by atoms with Crippen LogP contribution < -0.4 is 0 Å². The first-order valence-electron chi connectivity index (χ1n) is 4.61. The molecule has 0 aromatic rings. The lowest BCUT2D eigenvalue weighted by Crippen LogP contribution is -2.13. The van der Waals surface area contributed by atoms with E-state index in [2.05, 4.69) is 13.1 Å². The van der Waals surface area contributed by atoms with E-state index in [1.807, 2.05) is 13.0 Å². The molecule has 0 bridgehead atoms. The average molecular weight is 188 g/mol. The molecule has 0 fully saturated rings. The molecule has 0 aliphatic heterocycles. The minimum absolute atomic E-state index is 0.805. The Morgan fingerprint density at radius 1 is 1.42 bits per heavy atom. The van der Waals surface area contributed by atoms with Crippen molar-refractivity contribution >= 4 is 9.04 Å². The van der Waals surface area contributed by atoms with E-state index in [1.165, 1.54) is 0 Å². The van der Waals surface area contributed by atoms with Gasteiger partial charge in [0.15, 0.2) is 9.04 Å². The van der Waals surface area contributed by atoms with Crippen molar-refractivity contribution in [3.8, 4) is 0 Å². The molecule has 0 amide bonds. The highest BCUT2D eigenvalue weighted by Gasteiger charge is 2.00. The van der Waals surface area contributed by atoms with Crippen LogP contribution in [0.5, 0.6) is 0 Å². The summed E-state index contributed by atoms with van der Waals surface area (Å²) in [6.45, 7) is 10.4. The lowest BCUT2D eigenvalue weighted by Gasteiger charge is -2.08. The maximum atomic E-state index is 5.62. The van der Waals surface area contributed by atoms with Crippen molar-refractivity contribution in [2.75, 3.05) is 19.8 Å². The summed E-state index contributed by atoms with van der Waals surface area (Å²) < 4.78 is 10.8. The highest BCUT2D eigenvalue weighted by molar-refractivity contribution is 6.50. The summed E-state index contributed by atoms with van der Waals surface area (Å²) in [6, 6.07) is 1.06. The molecular weight excluding hydrogens is 168 g/mol. The zero-order valence-electron chi connectivity index (χ0n) is 8.21. The Balaban J connectivity index is 3.02. The molecule has 3 heteroatoms. The number of hydrogen-bond donors (Lipinski definition) is 0. The minimum Gasteiger partial charge on any atom is -0.420 e. The van der Waals surface area contributed by atoms with Crippen molar-refractivity contribution < 1.29 is 9.16 Å². The normalized spacial score (nSPS) is 12.8. The third kappa shape index (κ3) is 7.98. The second-order valence-corrected chi connectivity index (χ2v) is 5.18. The Hall–Kier alpha value is -0.123. The molecule has 0 aliphatic carbocycles. The van der Waals surface area contributed by atoms with Gasteiger partial charge in [0.1, 0.15) is 0 Å². The van der Waals surface area contributed by atoms with Gasteiger partial charge in [0.25, 0.3) is 0 Å². The zero-order chi connectivity index (χ0) is 9.23. The summed E-state index contributed by atoms with van der Waals surface area (Å²) in [7, 11) is -0.927. The van der Waals surface area contributed by atoms with Gasteiger partial charge in [-0.25, -0.2) is 0 Å². The molecule has 0 aromatic heterocycles. The molecule has 2 nitrogen and oxygen atoms in total. The fourth-order valence-corrected chi connectivity index (χ4v) is 2.07. The van der Waals surface area contributed by atoms with Gasteiger partial charge in [0.05, 0.1) is 0 Å². The summed E-state index contributed by atoms with van der Waals surface area (Å²) in [6.07, 6.45) is 2.96.